The average molecular weight is 340 g/mol. The van der Waals surface area contributed by atoms with E-state index in [1.165, 1.54) is 23.9 Å². The van der Waals surface area contributed by atoms with Crippen molar-refractivity contribution in [3.05, 3.63) is 58.8 Å². The number of benzene rings is 2. The minimum atomic E-state index is -0.276. The third kappa shape index (κ3) is 4.36. The predicted octanol–water partition coefficient (Wildman–Crippen LogP) is 4.32. The van der Waals surface area contributed by atoms with Gasteiger partial charge in [-0.2, -0.15) is 0 Å². The van der Waals surface area contributed by atoms with Crippen LogP contribution in [0.25, 0.3) is 0 Å². The van der Waals surface area contributed by atoms with Gasteiger partial charge in [0, 0.05) is 9.37 Å². The molecule has 0 aliphatic carbocycles. The standard InChI is InChI=1S/C14H11BrFNOS/c15-12-3-1-2-4-13(12)17-14(18)9-19-11-7-5-10(16)6-8-11/h1-8H,9H2,(H,17,18). The van der Waals surface area contributed by atoms with Crippen molar-refractivity contribution in [1.29, 1.82) is 0 Å². The molecule has 19 heavy (non-hydrogen) atoms. The molecule has 2 aromatic carbocycles. The first kappa shape index (κ1) is 14.1. The quantitative estimate of drug-likeness (QED) is 0.840. The number of thioether (sulfide) groups is 1. The molecule has 0 aliphatic rings. The van der Waals surface area contributed by atoms with E-state index in [-0.39, 0.29) is 17.5 Å². The Balaban J connectivity index is 1.88. The van der Waals surface area contributed by atoms with E-state index in [0.717, 1.165) is 15.1 Å². The largest absolute Gasteiger partial charge is 0.324 e. The number of hydrogen-bond donors (Lipinski definition) is 1. The summed E-state index contributed by atoms with van der Waals surface area (Å²) >= 11 is 4.73. The summed E-state index contributed by atoms with van der Waals surface area (Å²) in [5.74, 6) is -0.0873. The van der Waals surface area contributed by atoms with Gasteiger partial charge in [-0.1, -0.05) is 12.1 Å². The van der Waals surface area contributed by atoms with Gasteiger partial charge in [0.15, 0.2) is 0 Å². The molecule has 0 saturated carbocycles. The molecule has 0 heterocycles. The monoisotopic (exact) mass is 339 g/mol. The van der Waals surface area contributed by atoms with Gasteiger partial charge in [-0.25, -0.2) is 4.39 Å². The van der Waals surface area contributed by atoms with E-state index in [4.69, 9.17) is 0 Å². The normalized spacial score (nSPS) is 10.2. The maximum atomic E-state index is 12.7. The fraction of sp³-hybridized carbons (Fsp3) is 0.0714. The van der Waals surface area contributed by atoms with E-state index >= 15 is 0 Å². The summed E-state index contributed by atoms with van der Waals surface area (Å²) in [5, 5.41) is 2.81. The number of hydrogen-bond acceptors (Lipinski definition) is 2. The summed E-state index contributed by atoms with van der Waals surface area (Å²) in [6.45, 7) is 0. The number of amides is 1. The van der Waals surface area contributed by atoms with Crippen LogP contribution in [0.5, 0.6) is 0 Å². The Hall–Kier alpha value is -1.33. The van der Waals surface area contributed by atoms with E-state index in [0.29, 0.717) is 0 Å². The third-order valence-electron chi connectivity index (χ3n) is 2.33. The fourth-order valence-corrected chi connectivity index (χ4v) is 2.51. The van der Waals surface area contributed by atoms with Crippen molar-refractivity contribution in [2.24, 2.45) is 0 Å². The Morgan fingerprint density at radius 2 is 1.84 bits per heavy atom. The van der Waals surface area contributed by atoms with Crippen molar-refractivity contribution in [3.8, 4) is 0 Å². The zero-order chi connectivity index (χ0) is 13.7. The molecule has 0 spiro atoms. The van der Waals surface area contributed by atoms with Gasteiger partial charge in [0.25, 0.3) is 0 Å². The van der Waals surface area contributed by atoms with Crippen molar-refractivity contribution < 1.29 is 9.18 Å². The van der Waals surface area contributed by atoms with E-state index in [9.17, 15) is 9.18 Å². The topological polar surface area (TPSA) is 29.1 Å². The van der Waals surface area contributed by atoms with Gasteiger partial charge < -0.3 is 5.32 Å². The third-order valence-corrected chi connectivity index (χ3v) is 4.04. The molecule has 0 fully saturated rings. The highest BCUT2D eigenvalue weighted by Crippen LogP contribution is 2.22. The lowest BCUT2D eigenvalue weighted by Crippen LogP contribution is -2.14. The van der Waals surface area contributed by atoms with Gasteiger partial charge in [0.1, 0.15) is 5.82 Å². The maximum absolute atomic E-state index is 12.7. The molecule has 0 radical (unpaired) electrons. The Bertz CT molecular complexity index is 574. The zero-order valence-electron chi connectivity index (χ0n) is 9.90. The number of para-hydroxylation sites is 1. The van der Waals surface area contributed by atoms with Crippen LogP contribution in [0.15, 0.2) is 57.9 Å². The second kappa shape index (κ2) is 6.73. The lowest BCUT2D eigenvalue weighted by atomic mass is 10.3. The molecule has 0 atom stereocenters. The highest BCUT2D eigenvalue weighted by atomic mass is 79.9. The highest BCUT2D eigenvalue weighted by molar-refractivity contribution is 9.10. The zero-order valence-corrected chi connectivity index (χ0v) is 12.3. The van der Waals surface area contributed by atoms with Crippen LogP contribution in [0.4, 0.5) is 10.1 Å². The molecule has 0 saturated heterocycles. The molecule has 1 amide bonds. The van der Waals surface area contributed by atoms with E-state index < -0.39 is 0 Å². The molecule has 5 heteroatoms. The van der Waals surface area contributed by atoms with E-state index in [1.807, 2.05) is 24.3 Å². The molecule has 1 N–H and O–H groups in total. The minimum Gasteiger partial charge on any atom is -0.324 e. The van der Waals surface area contributed by atoms with Crippen molar-refractivity contribution in [2.45, 2.75) is 4.90 Å². The number of carbonyl (C=O) groups is 1. The first-order chi connectivity index (χ1) is 9.15. The smallest absolute Gasteiger partial charge is 0.234 e. The van der Waals surface area contributed by atoms with E-state index in [1.54, 1.807) is 12.1 Å². The summed E-state index contributed by atoms with van der Waals surface area (Å²) in [6.07, 6.45) is 0. The Kier molecular flexibility index (Phi) is 4.99. The van der Waals surface area contributed by atoms with Gasteiger partial charge in [-0.15, -0.1) is 11.8 Å². The number of nitrogens with one attached hydrogen (secondary N) is 1. The van der Waals surface area contributed by atoms with Crippen LogP contribution < -0.4 is 5.32 Å². The van der Waals surface area contributed by atoms with Gasteiger partial charge >= 0.3 is 0 Å². The molecule has 2 rings (SSSR count). The highest BCUT2D eigenvalue weighted by Gasteiger charge is 2.05. The van der Waals surface area contributed by atoms with Crippen LogP contribution in [0, 0.1) is 5.82 Å². The van der Waals surface area contributed by atoms with Crippen LogP contribution in [0.2, 0.25) is 0 Å². The van der Waals surface area contributed by atoms with Gasteiger partial charge in [0.05, 0.1) is 11.4 Å². The Morgan fingerprint density at radius 3 is 2.53 bits per heavy atom. The number of rotatable bonds is 4. The lowest BCUT2D eigenvalue weighted by molar-refractivity contribution is -0.113. The molecule has 0 unspecified atom stereocenters. The summed E-state index contributed by atoms with van der Waals surface area (Å²) in [7, 11) is 0. The summed E-state index contributed by atoms with van der Waals surface area (Å²) in [6, 6.07) is 13.5. The van der Waals surface area contributed by atoms with Crippen molar-refractivity contribution in [1.82, 2.24) is 0 Å². The Labute approximate surface area is 123 Å². The first-order valence-corrected chi connectivity index (χ1v) is 7.36. The van der Waals surface area contributed by atoms with Gasteiger partial charge in [-0.3, -0.25) is 4.79 Å². The van der Waals surface area contributed by atoms with Crippen LogP contribution >= 0.6 is 27.7 Å². The molecule has 98 valence electrons. The van der Waals surface area contributed by atoms with Crippen LogP contribution in [-0.4, -0.2) is 11.7 Å². The van der Waals surface area contributed by atoms with Gasteiger partial charge in [-0.05, 0) is 52.3 Å². The van der Waals surface area contributed by atoms with Crippen molar-refractivity contribution in [2.75, 3.05) is 11.1 Å². The second-order valence-corrected chi connectivity index (χ2v) is 5.67. The molecular weight excluding hydrogens is 329 g/mol. The summed E-state index contributed by atoms with van der Waals surface area (Å²) in [4.78, 5) is 12.6. The van der Waals surface area contributed by atoms with Crippen molar-refractivity contribution >= 4 is 39.3 Å². The number of anilines is 1. The molecule has 0 aliphatic heterocycles. The lowest BCUT2D eigenvalue weighted by Gasteiger charge is -2.06. The summed E-state index contributed by atoms with van der Waals surface area (Å²) in [5.41, 5.74) is 0.743. The molecule has 2 nitrogen and oxygen atoms in total. The fourth-order valence-electron chi connectivity index (χ4n) is 1.43. The minimum absolute atomic E-state index is 0.0961. The SMILES string of the molecule is O=C(CSc1ccc(F)cc1)Nc1ccccc1Br. The van der Waals surface area contributed by atoms with Crippen LogP contribution in [0.3, 0.4) is 0 Å². The predicted molar refractivity (Wildman–Crippen MR) is 79.9 cm³/mol. The maximum Gasteiger partial charge on any atom is 0.234 e. The number of carbonyl (C=O) groups excluding carboxylic acids is 1. The first-order valence-electron chi connectivity index (χ1n) is 5.58. The average Bonchev–Trinajstić information content (AvgIpc) is 2.41. The molecular formula is C14H11BrFNOS. The van der Waals surface area contributed by atoms with Crippen LogP contribution in [0.1, 0.15) is 0 Å². The molecule has 2 aromatic rings. The molecule has 0 aromatic heterocycles. The Morgan fingerprint density at radius 1 is 1.16 bits per heavy atom. The van der Waals surface area contributed by atoms with Gasteiger partial charge in [0.2, 0.25) is 5.91 Å². The number of halogens is 2. The summed E-state index contributed by atoms with van der Waals surface area (Å²) < 4.78 is 13.6. The van der Waals surface area contributed by atoms with Crippen LogP contribution in [-0.2, 0) is 4.79 Å². The van der Waals surface area contributed by atoms with E-state index in [2.05, 4.69) is 21.2 Å². The molecule has 0 bridgehead atoms. The second-order valence-electron chi connectivity index (χ2n) is 3.77. The van der Waals surface area contributed by atoms with Crippen molar-refractivity contribution in [3.63, 3.8) is 0 Å².